The Balaban J connectivity index is 2.26. The maximum Gasteiger partial charge on any atom is 0.303 e. The number of carboxylic acid groups (broad SMARTS) is 1. The molecule has 2 aromatic rings. The van der Waals surface area contributed by atoms with E-state index in [-0.39, 0.29) is 12.2 Å². The molecule has 2 rings (SSSR count). The van der Waals surface area contributed by atoms with Gasteiger partial charge in [0.1, 0.15) is 11.6 Å². The normalized spacial score (nSPS) is 10.6. The molecule has 0 aliphatic rings. The van der Waals surface area contributed by atoms with Crippen molar-refractivity contribution in [1.29, 1.82) is 0 Å². The van der Waals surface area contributed by atoms with Crippen LogP contribution in [0.1, 0.15) is 17.9 Å². The van der Waals surface area contributed by atoms with Crippen molar-refractivity contribution in [3.8, 4) is 11.3 Å². The quantitative estimate of drug-likeness (QED) is 0.873. The average Bonchev–Trinajstić information content (AvgIpc) is 2.68. The summed E-state index contributed by atoms with van der Waals surface area (Å²) in [4.78, 5) is 17.8. The lowest BCUT2D eigenvalue weighted by Gasteiger charge is -1.98. The van der Waals surface area contributed by atoms with Gasteiger partial charge in [0.05, 0.1) is 12.1 Å². The number of carbonyl (C=O) groups is 1. The van der Waals surface area contributed by atoms with E-state index in [4.69, 9.17) is 5.11 Å². The predicted molar refractivity (Wildman–Crippen MR) is 64.7 cm³/mol. The second-order valence-corrected chi connectivity index (χ2v) is 4.06. The maximum absolute atomic E-state index is 13.1. The van der Waals surface area contributed by atoms with Crippen molar-refractivity contribution in [2.24, 2.45) is 0 Å². The van der Waals surface area contributed by atoms with E-state index in [1.165, 1.54) is 12.1 Å². The number of nitrogens with one attached hydrogen (secondary N) is 1. The van der Waals surface area contributed by atoms with E-state index in [9.17, 15) is 9.18 Å². The van der Waals surface area contributed by atoms with E-state index >= 15 is 0 Å². The Bertz CT molecular complexity index is 578. The number of rotatable bonds is 4. The molecule has 1 heterocycles. The van der Waals surface area contributed by atoms with Crippen LogP contribution in [0.2, 0.25) is 0 Å². The molecule has 1 aromatic heterocycles. The summed E-state index contributed by atoms with van der Waals surface area (Å²) in [5.41, 5.74) is 2.15. The fraction of sp³-hybridized carbons (Fsp3) is 0.231. The van der Waals surface area contributed by atoms with Gasteiger partial charge in [0, 0.05) is 17.7 Å². The molecule has 0 radical (unpaired) electrons. The number of hydrogen-bond acceptors (Lipinski definition) is 2. The number of aryl methyl sites for hydroxylation is 2. The van der Waals surface area contributed by atoms with Crippen molar-refractivity contribution in [2.45, 2.75) is 19.8 Å². The third-order valence-electron chi connectivity index (χ3n) is 2.61. The van der Waals surface area contributed by atoms with Crippen LogP contribution in [-0.2, 0) is 11.2 Å². The molecule has 0 bridgehead atoms. The van der Waals surface area contributed by atoms with E-state index in [0.29, 0.717) is 23.5 Å². The molecular weight excluding hydrogens is 235 g/mol. The molecule has 5 heteroatoms. The Hall–Kier alpha value is -2.17. The van der Waals surface area contributed by atoms with E-state index in [1.54, 1.807) is 12.1 Å². The van der Waals surface area contributed by atoms with Crippen molar-refractivity contribution < 1.29 is 14.3 Å². The van der Waals surface area contributed by atoms with Gasteiger partial charge in [-0.05, 0) is 19.1 Å². The highest BCUT2D eigenvalue weighted by Crippen LogP contribution is 2.22. The van der Waals surface area contributed by atoms with Crippen LogP contribution in [0.3, 0.4) is 0 Å². The highest BCUT2D eigenvalue weighted by atomic mass is 19.1. The molecule has 0 amide bonds. The highest BCUT2D eigenvalue weighted by Gasteiger charge is 2.10. The number of benzene rings is 1. The topological polar surface area (TPSA) is 66.0 Å². The van der Waals surface area contributed by atoms with Gasteiger partial charge in [-0.3, -0.25) is 4.79 Å². The number of hydrogen-bond donors (Lipinski definition) is 2. The molecule has 0 aliphatic heterocycles. The van der Waals surface area contributed by atoms with Crippen LogP contribution in [-0.4, -0.2) is 21.0 Å². The van der Waals surface area contributed by atoms with Crippen LogP contribution >= 0.6 is 0 Å². The molecule has 0 spiro atoms. The Kier molecular flexibility index (Phi) is 3.41. The molecule has 4 nitrogen and oxygen atoms in total. The fourth-order valence-electron chi connectivity index (χ4n) is 1.78. The molecule has 0 saturated carbocycles. The van der Waals surface area contributed by atoms with Crippen molar-refractivity contribution >= 4 is 5.97 Å². The van der Waals surface area contributed by atoms with Crippen LogP contribution in [0.15, 0.2) is 24.3 Å². The molecule has 18 heavy (non-hydrogen) atoms. The zero-order valence-corrected chi connectivity index (χ0v) is 9.90. The van der Waals surface area contributed by atoms with Crippen LogP contribution in [0.25, 0.3) is 11.3 Å². The lowest BCUT2D eigenvalue weighted by Crippen LogP contribution is -1.98. The summed E-state index contributed by atoms with van der Waals surface area (Å²) in [6, 6.07) is 6.17. The summed E-state index contributed by atoms with van der Waals surface area (Å²) in [6.45, 7) is 1.83. The molecule has 1 aromatic carbocycles. The second-order valence-electron chi connectivity index (χ2n) is 4.06. The fourth-order valence-corrected chi connectivity index (χ4v) is 1.78. The van der Waals surface area contributed by atoms with Gasteiger partial charge in [-0.25, -0.2) is 9.37 Å². The molecule has 0 aliphatic carbocycles. The first-order valence-corrected chi connectivity index (χ1v) is 5.59. The first kappa shape index (κ1) is 12.3. The summed E-state index contributed by atoms with van der Waals surface area (Å²) in [5, 5.41) is 8.61. The van der Waals surface area contributed by atoms with Gasteiger partial charge in [-0.1, -0.05) is 12.1 Å². The molecule has 0 saturated heterocycles. The zero-order chi connectivity index (χ0) is 13.1. The first-order valence-electron chi connectivity index (χ1n) is 5.59. The van der Waals surface area contributed by atoms with E-state index < -0.39 is 5.97 Å². The standard InChI is InChI=1S/C13H13FN2O2/c1-8-13(9-3-2-4-10(14)7-9)16-11(15-8)5-6-12(17)18/h2-4,7H,5-6H2,1H3,(H,15,16)(H,17,18). The third kappa shape index (κ3) is 2.74. The lowest BCUT2D eigenvalue weighted by atomic mass is 10.1. The van der Waals surface area contributed by atoms with Gasteiger partial charge in [0.25, 0.3) is 0 Å². The minimum atomic E-state index is -0.864. The SMILES string of the molecule is Cc1[nH]c(CCC(=O)O)nc1-c1cccc(F)c1. The second kappa shape index (κ2) is 5.00. The zero-order valence-electron chi connectivity index (χ0n) is 9.90. The van der Waals surface area contributed by atoms with Crippen LogP contribution in [0.5, 0.6) is 0 Å². The minimum Gasteiger partial charge on any atom is -0.481 e. The molecule has 0 fully saturated rings. The molecule has 94 valence electrons. The number of aliphatic carboxylic acids is 1. The van der Waals surface area contributed by atoms with Gasteiger partial charge in [0.15, 0.2) is 0 Å². The predicted octanol–water partition coefficient (Wildman–Crippen LogP) is 2.54. The summed E-state index contributed by atoms with van der Waals surface area (Å²) in [5.74, 6) is -0.576. The van der Waals surface area contributed by atoms with Gasteiger partial charge in [-0.2, -0.15) is 0 Å². The summed E-state index contributed by atoms with van der Waals surface area (Å²) < 4.78 is 13.1. The summed E-state index contributed by atoms with van der Waals surface area (Å²) in [6.07, 6.45) is 0.362. The molecule has 2 N–H and O–H groups in total. The molecule has 0 unspecified atom stereocenters. The highest BCUT2D eigenvalue weighted by molar-refractivity contribution is 5.67. The van der Waals surface area contributed by atoms with Crippen molar-refractivity contribution in [3.63, 3.8) is 0 Å². The monoisotopic (exact) mass is 248 g/mol. The Morgan fingerprint density at radius 2 is 2.28 bits per heavy atom. The van der Waals surface area contributed by atoms with Crippen LogP contribution < -0.4 is 0 Å². The number of nitrogens with zero attached hydrogens (tertiary/aromatic N) is 1. The molecule has 0 atom stereocenters. The van der Waals surface area contributed by atoms with Crippen molar-refractivity contribution in [1.82, 2.24) is 9.97 Å². The van der Waals surface area contributed by atoms with Crippen molar-refractivity contribution in [3.05, 3.63) is 41.6 Å². The smallest absolute Gasteiger partial charge is 0.303 e. The largest absolute Gasteiger partial charge is 0.481 e. The van der Waals surface area contributed by atoms with E-state index in [2.05, 4.69) is 9.97 Å². The van der Waals surface area contributed by atoms with Crippen molar-refractivity contribution in [2.75, 3.05) is 0 Å². The Morgan fingerprint density at radius 3 is 2.94 bits per heavy atom. The van der Waals surface area contributed by atoms with Gasteiger partial charge in [-0.15, -0.1) is 0 Å². The van der Waals surface area contributed by atoms with E-state index in [1.807, 2.05) is 6.92 Å². The van der Waals surface area contributed by atoms with Gasteiger partial charge < -0.3 is 10.1 Å². The van der Waals surface area contributed by atoms with Crippen LogP contribution in [0.4, 0.5) is 4.39 Å². The average molecular weight is 248 g/mol. The third-order valence-corrected chi connectivity index (χ3v) is 2.61. The number of imidazole rings is 1. The first-order chi connectivity index (χ1) is 8.56. The van der Waals surface area contributed by atoms with E-state index in [0.717, 1.165) is 5.69 Å². The Labute approximate surface area is 103 Å². The number of aromatic nitrogens is 2. The van der Waals surface area contributed by atoms with Gasteiger partial charge in [0.2, 0.25) is 0 Å². The summed E-state index contributed by atoms with van der Waals surface area (Å²) in [7, 11) is 0. The number of H-pyrrole nitrogens is 1. The molecular formula is C13H13FN2O2. The Morgan fingerprint density at radius 1 is 1.50 bits per heavy atom. The summed E-state index contributed by atoms with van der Waals surface area (Å²) >= 11 is 0. The number of carboxylic acids is 1. The lowest BCUT2D eigenvalue weighted by molar-refractivity contribution is -0.137. The maximum atomic E-state index is 13.1. The van der Waals surface area contributed by atoms with Gasteiger partial charge >= 0.3 is 5.97 Å². The number of halogens is 1. The van der Waals surface area contributed by atoms with Crippen LogP contribution in [0, 0.1) is 12.7 Å². The minimum absolute atomic E-state index is 0.0234. The number of aromatic amines is 1.